The molecule has 1 aliphatic rings. The van der Waals surface area contributed by atoms with Gasteiger partial charge in [0.2, 0.25) is 0 Å². The lowest BCUT2D eigenvalue weighted by atomic mass is 10.2. The molecule has 1 atom stereocenters. The number of nitrogens with zero attached hydrogens (tertiary/aromatic N) is 3. The van der Waals surface area contributed by atoms with Crippen molar-refractivity contribution < 1.29 is 4.74 Å². The number of nitrogens with one attached hydrogen (secondary N) is 2. The summed E-state index contributed by atoms with van der Waals surface area (Å²) in [6.07, 6.45) is 6.13. The van der Waals surface area contributed by atoms with Crippen molar-refractivity contribution in [2.24, 2.45) is 0 Å². The van der Waals surface area contributed by atoms with E-state index in [1.807, 2.05) is 25.1 Å². The summed E-state index contributed by atoms with van der Waals surface area (Å²) in [6.45, 7) is 4.27. The zero-order valence-electron chi connectivity index (χ0n) is 12.7. The van der Waals surface area contributed by atoms with Crippen LogP contribution in [0.1, 0.15) is 24.2 Å². The number of hydrogen-bond acceptors (Lipinski definition) is 6. The third-order valence-electron chi connectivity index (χ3n) is 3.60. The number of aromatic nitrogens is 3. The van der Waals surface area contributed by atoms with Gasteiger partial charge in [-0.2, -0.15) is 0 Å². The molecule has 2 N–H and O–H groups in total. The highest BCUT2D eigenvalue weighted by molar-refractivity contribution is 5.47. The molecule has 0 amide bonds. The number of anilines is 2. The van der Waals surface area contributed by atoms with E-state index in [9.17, 15) is 0 Å². The van der Waals surface area contributed by atoms with Crippen LogP contribution in [0, 0.1) is 6.92 Å². The molecule has 2 aromatic rings. The molecule has 0 saturated carbocycles. The Balaban J connectivity index is 1.59. The van der Waals surface area contributed by atoms with Crippen molar-refractivity contribution in [2.45, 2.75) is 32.4 Å². The Kier molecular flexibility index (Phi) is 4.80. The molecule has 6 nitrogen and oxygen atoms in total. The first-order valence-corrected chi connectivity index (χ1v) is 7.63. The molecule has 0 aromatic carbocycles. The number of aryl methyl sites for hydroxylation is 1. The second kappa shape index (κ2) is 7.17. The first-order valence-electron chi connectivity index (χ1n) is 7.63. The first-order chi connectivity index (χ1) is 10.8. The lowest BCUT2D eigenvalue weighted by Gasteiger charge is -2.13. The van der Waals surface area contributed by atoms with Crippen LogP contribution in [0.15, 0.2) is 30.6 Å². The van der Waals surface area contributed by atoms with Gasteiger partial charge in [0.1, 0.15) is 17.5 Å². The molecule has 0 radical (unpaired) electrons. The lowest BCUT2D eigenvalue weighted by Crippen LogP contribution is -2.19. The summed E-state index contributed by atoms with van der Waals surface area (Å²) in [7, 11) is 0. The van der Waals surface area contributed by atoms with Gasteiger partial charge in [0.25, 0.3) is 0 Å². The highest BCUT2D eigenvalue weighted by atomic mass is 16.5. The van der Waals surface area contributed by atoms with Gasteiger partial charge < -0.3 is 15.4 Å². The number of rotatable bonds is 6. The second-order valence-electron chi connectivity index (χ2n) is 5.41. The van der Waals surface area contributed by atoms with Crippen molar-refractivity contribution in [3.8, 4) is 0 Å². The number of pyridine rings is 1. The van der Waals surface area contributed by atoms with Crippen LogP contribution in [-0.4, -0.2) is 34.2 Å². The lowest BCUT2D eigenvalue weighted by molar-refractivity contribution is 0.120. The molecule has 1 fully saturated rings. The van der Waals surface area contributed by atoms with Gasteiger partial charge in [-0.05, 0) is 37.5 Å². The van der Waals surface area contributed by atoms with Crippen LogP contribution in [0.4, 0.5) is 11.6 Å². The van der Waals surface area contributed by atoms with Crippen molar-refractivity contribution in [3.05, 3.63) is 42.0 Å². The maximum atomic E-state index is 5.61. The minimum atomic E-state index is 0.295. The summed E-state index contributed by atoms with van der Waals surface area (Å²) in [5.41, 5.74) is 1.17. The van der Waals surface area contributed by atoms with Crippen molar-refractivity contribution in [3.63, 3.8) is 0 Å². The topological polar surface area (TPSA) is 72.0 Å². The Hall–Kier alpha value is -2.21. The fourth-order valence-electron chi connectivity index (χ4n) is 2.47. The predicted octanol–water partition coefficient (Wildman–Crippen LogP) is 2.38. The van der Waals surface area contributed by atoms with Gasteiger partial charge in [0.15, 0.2) is 0 Å². The Morgan fingerprint density at radius 2 is 1.95 bits per heavy atom. The van der Waals surface area contributed by atoms with Crippen LogP contribution in [0.2, 0.25) is 0 Å². The fraction of sp³-hybridized carbons (Fsp3) is 0.438. The highest BCUT2D eigenvalue weighted by Gasteiger charge is 2.15. The van der Waals surface area contributed by atoms with E-state index >= 15 is 0 Å². The summed E-state index contributed by atoms with van der Waals surface area (Å²) < 4.78 is 5.61. The zero-order chi connectivity index (χ0) is 15.2. The summed E-state index contributed by atoms with van der Waals surface area (Å²) in [4.78, 5) is 12.9. The van der Waals surface area contributed by atoms with E-state index < -0.39 is 0 Å². The van der Waals surface area contributed by atoms with Gasteiger partial charge in [0.05, 0.1) is 6.10 Å². The van der Waals surface area contributed by atoms with Crippen LogP contribution in [-0.2, 0) is 11.3 Å². The normalized spacial score (nSPS) is 17.4. The SMILES string of the molecule is Cc1nc(NCc2ccncc2)cc(NCC2CCCO2)n1. The summed E-state index contributed by atoms with van der Waals surface area (Å²) >= 11 is 0. The van der Waals surface area contributed by atoms with Crippen molar-refractivity contribution in [1.29, 1.82) is 0 Å². The van der Waals surface area contributed by atoms with Gasteiger partial charge in [0, 0.05) is 38.2 Å². The van der Waals surface area contributed by atoms with E-state index in [1.165, 1.54) is 5.56 Å². The maximum absolute atomic E-state index is 5.61. The fourth-order valence-corrected chi connectivity index (χ4v) is 2.47. The summed E-state index contributed by atoms with van der Waals surface area (Å²) in [5.74, 6) is 2.40. The molecule has 1 saturated heterocycles. The minimum absolute atomic E-state index is 0.295. The van der Waals surface area contributed by atoms with E-state index in [2.05, 4.69) is 25.6 Å². The molecular weight excluding hydrogens is 278 g/mol. The smallest absolute Gasteiger partial charge is 0.132 e. The van der Waals surface area contributed by atoms with E-state index in [-0.39, 0.29) is 0 Å². The van der Waals surface area contributed by atoms with Gasteiger partial charge in [-0.25, -0.2) is 9.97 Å². The van der Waals surface area contributed by atoms with Crippen molar-refractivity contribution >= 4 is 11.6 Å². The van der Waals surface area contributed by atoms with Crippen molar-refractivity contribution in [2.75, 3.05) is 23.8 Å². The van der Waals surface area contributed by atoms with E-state index in [0.717, 1.165) is 43.5 Å². The van der Waals surface area contributed by atoms with Crippen LogP contribution in [0.3, 0.4) is 0 Å². The summed E-state index contributed by atoms with van der Waals surface area (Å²) in [5, 5.41) is 6.66. The maximum Gasteiger partial charge on any atom is 0.132 e. The average Bonchev–Trinajstić information content (AvgIpc) is 3.05. The van der Waals surface area contributed by atoms with Crippen LogP contribution >= 0.6 is 0 Å². The Morgan fingerprint density at radius 1 is 1.18 bits per heavy atom. The molecule has 116 valence electrons. The molecule has 3 heterocycles. The van der Waals surface area contributed by atoms with Crippen LogP contribution in [0.5, 0.6) is 0 Å². The minimum Gasteiger partial charge on any atom is -0.376 e. The monoisotopic (exact) mass is 299 g/mol. The number of hydrogen-bond donors (Lipinski definition) is 2. The van der Waals surface area contributed by atoms with Crippen LogP contribution in [0.25, 0.3) is 0 Å². The highest BCUT2D eigenvalue weighted by Crippen LogP contribution is 2.15. The predicted molar refractivity (Wildman–Crippen MR) is 85.8 cm³/mol. The van der Waals surface area contributed by atoms with E-state index in [1.54, 1.807) is 12.4 Å². The van der Waals surface area contributed by atoms with Gasteiger partial charge in [-0.15, -0.1) is 0 Å². The molecular formula is C16H21N5O. The molecule has 6 heteroatoms. The first kappa shape index (κ1) is 14.7. The summed E-state index contributed by atoms with van der Waals surface area (Å²) in [6, 6.07) is 5.90. The molecule has 0 aliphatic carbocycles. The number of ether oxygens (including phenoxy) is 1. The quantitative estimate of drug-likeness (QED) is 0.853. The van der Waals surface area contributed by atoms with Crippen molar-refractivity contribution in [1.82, 2.24) is 15.0 Å². The van der Waals surface area contributed by atoms with E-state index in [0.29, 0.717) is 12.6 Å². The Bertz CT molecular complexity index is 599. The third kappa shape index (κ3) is 4.14. The largest absolute Gasteiger partial charge is 0.376 e. The molecule has 22 heavy (non-hydrogen) atoms. The van der Waals surface area contributed by atoms with Gasteiger partial charge in [-0.3, -0.25) is 4.98 Å². The average molecular weight is 299 g/mol. The molecule has 1 aliphatic heterocycles. The van der Waals surface area contributed by atoms with E-state index in [4.69, 9.17) is 4.74 Å². The van der Waals surface area contributed by atoms with Gasteiger partial charge in [-0.1, -0.05) is 0 Å². The zero-order valence-corrected chi connectivity index (χ0v) is 12.7. The molecule has 2 aromatic heterocycles. The van der Waals surface area contributed by atoms with Crippen LogP contribution < -0.4 is 10.6 Å². The Morgan fingerprint density at radius 3 is 2.68 bits per heavy atom. The second-order valence-corrected chi connectivity index (χ2v) is 5.41. The third-order valence-corrected chi connectivity index (χ3v) is 3.60. The molecule has 0 bridgehead atoms. The molecule has 3 rings (SSSR count). The molecule has 1 unspecified atom stereocenters. The Labute approximate surface area is 130 Å². The molecule has 0 spiro atoms. The van der Waals surface area contributed by atoms with Gasteiger partial charge >= 0.3 is 0 Å². The standard InChI is InChI=1S/C16H21N5O/c1-12-20-15(18-10-13-4-6-17-7-5-13)9-16(21-12)19-11-14-3-2-8-22-14/h4-7,9,14H,2-3,8,10-11H2,1H3,(H2,18,19,20,21).